The molecule has 7 heteroatoms. The number of ketones is 1. The van der Waals surface area contributed by atoms with Gasteiger partial charge in [0.05, 0.1) is 18.1 Å². The van der Waals surface area contributed by atoms with Crippen LogP contribution in [0.15, 0.2) is 42.7 Å². The minimum Gasteiger partial charge on any atom is -0.487 e. The molecule has 3 heterocycles. The number of ether oxygens (including phenoxy) is 2. The van der Waals surface area contributed by atoms with Gasteiger partial charge in [-0.3, -0.25) is 9.59 Å². The highest BCUT2D eigenvalue weighted by atomic mass is 16.5. The third kappa shape index (κ3) is 3.62. The summed E-state index contributed by atoms with van der Waals surface area (Å²) in [5.74, 6) is 0.645. The second-order valence-corrected chi connectivity index (χ2v) is 6.64. The van der Waals surface area contributed by atoms with Gasteiger partial charge in [0.15, 0.2) is 11.5 Å². The van der Waals surface area contributed by atoms with Crippen LogP contribution in [-0.2, 0) is 14.3 Å². The summed E-state index contributed by atoms with van der Waals surface area (Å²) < 4.78 is 13.1. The van der Waals surface area contributed by atoms with Gasteiger partial charge >= 0.3 is 0 Å². The Morgan fingerprint density at radius 3 is 2.65 bits per heavy atom. The maximum Gasteiger partial charge on any atom is 0.252 e. The lowest BCUT2D eigenvalue weighted by Crippen LogP contribution is -2.45. The van der Waals surface area contributed by atoms with Crippen LogP contribution in [0.4, 0.5) is 0 Å². The molecule has 4 rings (SSSR count). The molecule has 1 atom stereocenters. The number of nitrogens with zero attached hydrogens (tertiary/aromatic N) is 3. The fourth-order valence-corrected chi connectivity index (χ4v) is 3.36. The molecule has 0 spiro atoms. The first-order valence-corrected chi connectivity index (χ1v) is 8.88. The molecule has 2 aliphatic heterocycles. The van der Waals surface area contributed by atoms with Crippen molar-refractivity contribution in [1.29, 1.82) is 0 Å². The lowest BCUT2D eigenvalue weighted by Gasteiger charge is -2.33. The number of amides is 1. The molecule has 0 N–H and O–H groups in total. The Morgan fingerprint density at radius 1 is 1.19 bits per heavy atom. The van der Waals surface area contributed by atoms with Crippen molar-refractivity contribution >= 4 is 11.7 Å². The summed E-state index contributed by atoms with van der Waals surface area (Å²) in [6.45, 7) is 1.29. The number of para-hydroxylation sites is 1. The Balaban J connectivity index is 1.30. The van der Waals surface area contributed by atoms with E-state index in [1.54, 1.807) is 15.8 Å². The van der Waals surface area contributed by atoms with Crippen molar-refractivity contribution in [2.45, 2.75) is 31.5 Å². The molecule has 1 aromatic heterocycles. The molecule has 0 aliphatic carbocycles. The van der Waals surface area contributed by atoms with E-state index in [1.165, 1.54) is 0 Å². The van der Waals surface area contributed by atoms with Crippen molar-refractivity contribution in [1.82, 2.24) is 14.7 Å². The highest BCUT2D eigenvalue weighted by molar-refractivity contribution is 5.91. The second-order valence-electron chi connectivity index (χ2n) is 6.64. The third-order valence-corrected chi connectivity index (χ3v) is 4.77. The summed E-state index contributed by atoms with van der Waals surface area (Å²) in [4.78, 5) is 25.4. The number of hydrogen-bond donors (Lipinski definition) is 0. The van der Waals surface area contributed by atoms with Gasteiger partial charge in [0, 0.05) is 32.4 Å². The number of aromatic nitrogens is 2. The first kappa shape index (κ1) is 16.8. The topological polar surface area (TPSA) is 73.7 Å². The fraction of sp³-hybridized carbons (Fsp3) is 0.421. The van der Waals surface area contributed by atoms with E-state index in [1.807, 2.05) is 36.5 Å². The Bertz CT molecular complexity index is 781. The minimum absolute atomic E-state index is 0.00278. The van der Waals surface area contributed by atoms with E-state index < -0.39 is 6.10 Å². The van der Waals surface area contributed by atoms with E-state index in [4.69, 9.17) is 9.47 Å². The van der Waals surface area contributed by atoms with Crippen LogP contribution in [0, 0.1) is 0 Å². The number of carbonyl (C=O) groups is 2. The molecule has 0 bridgehead atoms. The molecule has 1 amide bonds. The number of benzene rings is 1. The maximum atomic E-state index is 12.4. The van der Waals surface area contributed by atoms with Crippen molar-refractivity contribution in [2.75, 3.05) is 19.7 Å². The average molecular weight is 355 g/mol. The van der Waals surface area contributed by atoms with Crippen LogP contribution in [0.1, 0.15) is 19.3 Å². The molecule has 136 valence electrons. The quantitative estimate of drug-likeness (QED) is 0.833. The summed E-state index contributed by atoms with van der Waals surface area (Å²) in [5.41, 5.74) is 0.980. The Kier molecular flexibility index (Phi) is 4.71. The van der Waals surface area contributed by atoms with Gasteiger partial charge in [0.2, 0.25) is 0 Å². The SMILES string of the molecule is O=C1COC(C(=O)N2CCC(Oc3cnn(-c4ccccc4)c3)CC2)C1. The second kappa shape index (κ2) is 7.29. The predicted molar refractivity (Wildman–Crippen MR) is 93.2 cm³/mol. The van der Waals surface area contributed by atoms with Gasteiger partial charge in [-0.15, -0.1) is 0 Å². The highest BCUT2D eigenvalue weighted by Crippen LogP contribution is 2.21. The Labute approximate surface area is 151 Å². The molecule has 7 nitrogen and oxygen atoms in total. The van der Waals surface area contributed by atoms with E-state index in [9.17, 15) is 9.59 Å². The van der Waals surface area contributed by atoms with Gasteiger partial charge in [0.25, 0.3) is 5.91 Å². The van der Waals surface area contributed by atoms with Crippen molar-refractivity contribution in [3.05, 3.63) is 42.7 Å². The minimum atomic E-state index is -0.593. The molecule has 2 fully saturated rings. The lowest BCUT2D eigenvalue weighted by molar-refractivity contribution is -0.142. The zero-order valence-electron chi connectivity index (χ0n) is 14.4. The van der Waals surface area contributed by atoms with Crippen molar-refractivity contribution < 1.29 is 19.1 Å². The standard InChI is InChI=1S/C19H21N3O4/c23-15-10-18(25-13-15)19(24)21-8-6-16(7-9-21)26-17-11-20-22(12-17)14-4-2-1-3-5-14/h1-5,11-12,16,18H,6-10,13H2. The number of carbonyl (C=O) groups excluding carboxylic acids is 2. The molecule has 26 heavy (non-hydrogen) atoms. The first-order valence-electron chi connectivity index (χ1n) is 8.88. The van der Waals surface area contributed by atoms with Crippen molar-refractivity contribution in [3.63, 3.8) is 0 Å². The summed E-state index contributed by atoms with van der Waals surface area (Å²) in [6.07, 6.45) is 4.75. The highest BCUT2D eigenvalue weighted by Gasteiger charge is 2.34. The van der Waals surface area contributed by atoms with Crippen LogP contribution in [0.5, 0.6) is 5.75 Å². The summed E-state index contributed by atoms with van der Waals surface area (Å²) in [5, 5.41) is 4.33. The van der Waals surface area contributed by atoms with Crippen molar-refractivity contribution in [2.24, 2.45) is 0 Å². The smallest absolute Gasteiger partial charge is 0.252 e. The summed E-state index contributed by atoms with van der Waals surface area (Å²) >= 11 is 0. The number of likely N-dealkylation sites (tertiary alicyclic amines) is 1. The molecule has 2 aliphatic rings. The molecule has 0 radical (unpaired) electrons. The molecule has 2 saturated heterocycles. The molecule has 1 aromatic carbocycles. The zero-order chi connectivity index (χ0) is 17.9. The average Bonchev–Trinajstić information content (AvgIpc) is 3.32. The third-order valence-electron chi connectivity index (χ3n) is 4.77. The van der Waals surface area contributed by atoms with Crippen LogP contribution in [0.2, 0.25) is 0 Å². The van der Waals surface area contributed by atoms with E-state index in [2.05, 4.69) is 5.10 Å². The summed E-state index contributed by atoms with van der Waals surface area (Å²) in [6, 6.07) is 9.86. The van der Waals surface area contributed by atoms with Gasteiger partial charge in [-0.05, 0) is 12.1 Å². The largest absolute Gasteiger partial charge is 0.487 e. The molecule has 1 unspecified atom stereocenters. The zero-order valence-corrected chi connectivity index (χ0v) is 14.4. The van der Waals surface area contributed by atoms with E-state index in [0.717, 1.165) is 24.3 Å². The number of rotatable bonds is 4. The molecular formula is C19H21N3O4. The molecule has 2 aromatic rings. The predicted octanol–water partition coefficient (Wildman–Crippen LogP) is 1.60. The Morgan fingerprint density at radius 2 is 1.96 bits per heavy atom. The first-order chi connectivity index (χ1) is 12.7. The van der Waals surface area contributed by atoms with Crippen molar-refractivity contribution in [3.8, 4) is 11.4 Å². The van der Waals surface area contributed by atoms with E-state index in [0.29, 0.717) is 13.1 Å². The van der Waals surface area contributed by atoms with Crippen LogP contribution >= 0.6 is 0 Å². The van der Waals surface area contributed by atoms with Crippen LogP contribution in [0.25, 0.3) is 5.69 Å². The van der Waals surface area contributed by atoms with Crippen LogP contribution in [0.3, 0.4) is 0 Å². The number of piperidine rings is 1. The molecular weight excluding hydrogens is 334 g/mol. The molecule has 0 saturated carbocycles. The number of Topliss-reactive ketones (excluding diaryl/α,β-unsaturated/α-hetero) is 1. The van der Waals surface area contributed by atoms with Crippen LogP contribution in [-0.4, -0.2) is 58.3 Å². The monoisotopic (exact) mass is 355 g/mol. The normalized spacial score (nSPS) is 21.2. The summed E-state index contributed by atoms with van der Waals surface area (Å²) in [7, 11) is 0. The Hall–Kier alpha value is -2.67. The van der Waals surface area contributed by atoms with Crippen LogP contribution < -0.4 is 4.74 Å². The van der Waals surface area contributed by atoms with Gasteiger partial charge in [-0.2, -0.15) is 5.10 Å². The number of hydrogen-bond acceptors (Lipinski definition) is 5. The lowest BCUT2D eigenvalue weighted by atomic mass is 10.1. The van der Waals surface area contributed by atoms with Gasteiger partial charge in [0.1, 0.15) is 18.8 Å². The van der Waals surface area contributed by atoms with Gasteiger partial charge in [-0.1, -0.05) is 18.2 Å². The van der Waals surface area contributed by atoms with Gasteiger partial charge < -0.3 is 14.4 Å². The van der Waals surface area contributed by atoms with Gasteiger partial charge in [-0.25, -0.2) is 4.68 Å². The fourth-order valence-electron chi connectivity index (χ4n) is 3.36. The maximum absolute atomic E-state index is 12.4. The van der Waals surface area contributed by atoms with E-state index in [-0.39, 0.29) is 30.8 Å². The van der Waals surface area contributed by atoms with E-state index >= 15 is 0 Å².